The van der Waals surface area contributed by atoms with Gasteiger partial charge in [0.25, 0.3) is 0 Å². The van der Waals surface area contributed by atoms with Crippen molar-refractivity contribution in [2.45, 2.75) is 11.0 Å². The van der Waals surface area contributed by atoms with Crippen LogP contribution in [-0.4, -0.2) is 40.2 Å². The summed E-state index contributed by atoms with van der Waals surface area (Å²) in [6.45, 7) is -0.182. The zero-order valence-electron chi connectivity index (χ0n) is 8.80. The van der Waals surface area contributed by atoms with Crippen molar-refractivity contribution < 1.29 is 14.6 Å². The van der Waals surface area contributed by atoms with Gasteiger partial charge in [-0.25, -0.2) is 4.39 Å². The van der Waals surface area contributed by atoms with Crippen LogP contribution in [0.2, 0.25) is 0 Å². The van der Waals surface area contributed by atoms with E-state index in [-0.39, 0.29) is 12.4 Å². The van der Waals surface area contributed by atoms with Crippen LogP contribution in [0.3, 0.4) is 0 Å². The van der Waals surface area contributed by atoms with Gasteiger partial charge in [0.05, 0.1) is 12.7 Å². The molecule has 0 saturated heterocycles. The second kappa shape index (κ2) is 7.95. The molecule has 1 atom stereocenters. The Balaban J connectivity index is 2.09. The average molecular weight is 262 g/mol. The minimum absolute atomic E-state index is 0.182. The van der Waals surface area contributed by atoms with Gasteiger partial charge >= 0.3 is 0 Å². The molecule has 0 saturated carbocycles. The number of aliphatic hydroxyl groups excluding tert-OH is 2. The Morgan fingerprint density at radius 1 is 1.19 bits per heavy atom. The van der Waals surface area contributed by atoms with Gasteiger partial charge in [-0.15, -0.1) is 11.8 Å². The SMILES string of the molecule is OCC(O)CSCCSc1ccc(F)cc1. The maximum absolute atomic E-state index is 12.6. The molecular formula is C11H15FO2S2. The van der Waals surface area contributed by atoms with E-state index in [2.05, 4.69) is 0 Å². The smallest absolute Gasteiger partial charge is 0.123 e. The average Bonchev–Trinajstić information content (AvgIpc) is 2.31. The molecule has 0 amide bonds. The van der Waals surface area contributed by atoms with E-state index in [9.17, 15) is 4.39 Å². The largest absolute Gasteiger partial charge is 0.394 e. The maximum atomic E-state index is 12.6. The van der Waals surface area contributed by atoms with E-state index in [1.165, 1.54) is 12.1 Å². The van der Waals surface area contributed by atoms with Crippen LogP contribution < -0.4 is 0 Å². The van der Waals surface area contributed by atoms with E-state index in [0.717, 1.165) is 16.4 Å². The van der Waals surface area contributed by atoms with E-state index in [1.807, 2.05) is 0 Å². The fourth-order valence-corrected chi connectivity index (χ4v) is 2.93. The Kier molecular flexibility index (Phi) is 6.87. The molecule has 0 fully saturated rings. The Hall–Kier alpha value is -0.230. The summed E-state index contributed by atoms with van der Waals surface area (Å²) >= 11 is 3.26. The number of thioether (sulfide) groups is 2. The standard InChI is InChI=1S/C11H15FO2S2/c12-9-1-3-11(4-2-9)16-6-5-15-8-10(14)7-13/h1-4,10,13-14H,5-8H2. The van der Waals surface area contributed by atoms with E-state index < -0.39 is 6.10 Å². The molecule has 0 radical (unpaired) electrons. The van der Waals surface area contributed by atoms with Gasteiger partial charge < -0.3 is 10.2 Å². The third kappa shape index (κ3) is 5.75. The quantitative estimate of drug-likeness (QED) is 0.582. The summed E-state index contributed by atoms with van der Waals surface area (Å²) in [4.78, 5) is 1.05. The van der Waals surface area contributed by atoms with Gasteiger partial charge in [-0.1, -0.05) is 0 Å². The highest BCUT2D eigenvalue weighted by Crippen LogP contribution is 2.19. The lowest BCUT2D eigenvalue weighted by Crippen LogP contribution is -2.15. The number of halogens is 1. The highest BCUT2D eigenvalue weighted by Gasteiger charge is 2.01. The number of hydrogen-bond acceptors (Lipinski definition) is 4. The number of hydrogen-bond donors (Lipinski definition) is 2. The highest BCUT2D eigenvalue weighted by atomic mass is 32.2. The minimum atomic E-state index is -0.624. The van der Waals surface area contributed by atoms with Gasteiger partial charge in [-0.05, 0) is 24.3 Å². The van der Waals surface area contributed by atoms with Crippen molar-refractivity contribution in [1.29, 1.82) is 0 Å². The van der Waals surface area contributed by atoms with E-state index in [0.29, 0.717) is 5.75 Å². The first kappa shape index (κ1) is 13.8. The van der Waals surface area contributed by atoms with Crippen molar-refractivity contribution in [3.05, 3.63) is 30.1 Å². The van der Waals surface area contributed by atoms with Gasteiger partial charge in [-0.2, -0.15) is 11.8 Å². The van der Waals surface area contributed by atoms with Crippen molar-refractivity contribution in [2.75, 3.05) is 23.9 Å². The molecule has 0 heterocycles. The Bertz CT molecular complexity index is 293. The van der Waals surface area contributed by atoms with Crippen molar-refractivity contribution in [3.63, 3.8) is 0 Å². The van der Waals surface area contributed by atoms with Crippen molar-refractivity contribution in [1.82, 2.24) is 0 Å². The molecule has 90 valence electrons. The summed E-state index contributed by atoms with van der Waals surface area (Å²) in [5, 5.41) is 17.7. The zero-order chi connectivity index (χ0) is 11.8. The number of rotatable bonds is 7. The lowest BCUT2D eigenvalue weighted by atomic mass is 10.4. The predicted octanol–water partition coefficient (Wildman–Crippen LogP) is 2.00. The predicted molar refractivity (Wildman–Crippen MR) is 67.5 cm³/mol. The van der Waals surface area contributed by atoms with Gasteiger partial charge in [-0.3, -0.25) is 0 Å². The zero-order valence-corrected chi connectivity index (χ0v) is 10.4. The van der Waals surface area contributed by atoms with Crippen molar-refractivity contribution in [2.24, 2.45) is 0 Å². The fourth-order valence-electron chi connectivity index (χ4n) is 1.02. The summed E-state index contributed by atoms with van der Waals surface area (Å²) in [6.07, 6.45) is -0.624. The number of aliphatic hydroxyl groups is 2. The lowest BCUT2D eigenvalue weighted by Gasteiger charge is -2.06. The second-order valence-corrected chi connectivity index (χ2v) is 5.53. The van der Waals surface area contributed by atoms with Gasteiger partial charge in [0, 0.05) is 22.2 Å². The third-order valence-corrected chi connectivity index (χ3v) is 4.22. The third-order valence-electron chi connectivity index (χ3n) is 1.83. The molecule has 1 aromatic rings. The molecule has 0 aliphatic rings. The normalized spacial score (nSPS) is 12.7. The Morgan fingerprint density at radius 2 is 1.88 bits per heavy atom. The van der Waals surface area contributed by atoms with Crippen LogP contribution in [-0.2, 0) is 0 Å². The summed E-state index contributed by atoms with van der Waals surface area (Å²) in [5.74, 6) is 2.15. The topological polar surface area (TPSA) is 40.5 Å². The minimum Gasteiger partial charge on any atom is -0.394 e. The van der Waals surface area contributed by atoms with Crippen LogP contribution >= 0.6 is 23.5 Å². The van der Waals surface area contributed by atoms with Crippen LogP contribution in [0.15, 0.2) is 29.2 Å². The van der Waals surface area contributed by atoms with Gasteiger partial charge in [0.2, 0.25) is 0 Å². The molecule has 0 aliphatic heterocycles. The van der Waals surface area contributed by atoms with E-state index >= 15 is 0 Å². The molecular weight excluding hydrogens is 247 g/mol. The monoisotopic (exact) mass is 262 g/mol. The van der Waals surface area contributed by atoms with E-state index in [1.54, 1.807) is 35.7 Å². The first-order valence-corrected chi connectivity index (χ1v) is 7.11. The molecule has 0 aliphatic carbocycles. The van der Waals surface area contributed by atoms with Crippen LogP contribution in [0.1, 0.15) is 0 Å². The summed E-state index contributed by atoms with van der Waals surface area (Å²) in [5.41, 5.74) is 0. The molecule has 2 N–H and O–H groups in total. The van der Waals surface area contributed by atoms with Crippen LogP contribution in [0.5, 0.6) is 0 Å². The summed E-state index contributed by atoms with van der Waals surface area (Å²) < 4.78 is 12.6. The number of benzene rings is 1. The molecule has 1 rings (SSSR count). The molecule has 0 spiro atoms. The van der Waals surface area contributed by atoms with Crippen LogP contribution in [0.4, 0.5) is 4.39 Å². The van der Waals surface area contributed by atoms with E-state index in [4.69, 9.17) is 10.2 Å². The van der Waals surface area contributed by atoms with Crippen molar-refractivity contribution in [3.8, 4) is 0 Å². The summed E-state index contributed by atoms with van der Waals surface area (Å²) in [6, 6.07) is 6.41. The van der Waals surface area contributed by atoms with Crippen LogP contribution in [0.25, 0.3) is 0 Å². The molecule has 0 bridgehead atoms. The van der Waals surface area contributed by atoms with Gasteiger partial charge in [0.15, 0.2) is 0 Å². The van der Waals surface area contributed by atoms with Crippen LogP contribution in [0, 0.1) is 5.82 Å². The lowest BCUT2D eigenvalue weighted by molar-refractivity contribution is 0.113. The molecule has 16 heavy (non-hydrogen) atoms. The first-order chi connectivity index (χ1) is 7.72. The Labute approximate surface area is 103 Å². The Morgan fingerprint density at radius 3 is 2.50 bits per heavy atom. The first-order valence-electron chi connectivity index (χ1n) is 4.97. The second-order valence-electron chi connectivity index (χ2n) is 3.21. The van der Waals surface area contributed by atoms with Crippen molar-refractivity contribution >= 4 is 23.5 Å². The molecule has 5 heteroatoms. The molecule has 1 unspecified atom stereocenters. The molecule has 1 aromatic carbocycles. The summed E-state index contributed by atoms with van der Waals surface area (Å²) in [7, 11) is 0. The fraction of sp³-hybridized carbons (Fsp3) is 0.455. The molecule has 2 nitrogen and oxygen atoms in total. The molecule has 0 aromatic heterocycles. The van der Waals surface area contributed by atoms with Gasteiger partial charge in [0.1, 0.15) is 5.82 Å². The maximum Gasteiger partial charge on any atom is 0.123 e. The highest BCUT2D eigenvalue weighted by molar-refractivity contribution is 8.03.